The van der Waals surface area contributed by atoms with Gasteiger partial charge in [0.05, 0.1) is 0 Å². The molecule has 2 heterocycles. The van der Waals surface area contributed by atoms with Crippen LogP contribution >= 0.6 is 0 Å². The summed E-state index contributed by atoms with van der Waals surface area (Å²) in [6.45, 7) is 2.18. The molecule has 26 heavy (non-hydrogen) atoms. The predicted molar refractivity (Wildman–Crippen MR) is 97.0 cm³/mol. The molecule has 0 saturated carbocycles. The molecule has 1 amide bonds. The molecule has 1 aliphatic rings. The lowest BCUT2D eigenvalue weighted by Gasteiger charge is -2.08. The van der Waals surface area contributed by atoms with Crippen molar-refractivity contribution in [2.45, 2.75) is 6.92 Å². The van der Waals surface area contributed by atoms with E-state index in [4.69, 9.17) is 9.47 Å². The highest BCUT2D eigenvalue weighted by molar-refractivity contribution is 6.03. The van der Waals surface area contributed by atoms with Crippen molar-refractivity contribution < 1.29 is 14.3 Å². The van der Waals surface area contributed by atoms with E-state index in [1.54, 1.807) is 6.07 Å². The molecular formula is C19H16N4O3. The first-order chi connectivity index (χ1) is 12.7. The van der Waals surface area contributed by atoms with E-state index in [1.807, 2.05) is 49.4 Å². The molecule has 1 aliphatic heterocycles. The highest BCUT2D eigenvalue weighted by Crippen LogP contribution is 2.34. The van der Waals surface area contributed by atoms with Gasteiger partial charge in [0.1, 0.15) is 17.8 Å². The van der Waals surface area contributed by atoms with E-state index in [9.17, 15) is 4.79 Å². The Morgan fingerprint density at radius 2 is 1.88 bits per heavy atom. The zero-order chi connectivity index (χ0) is 17.9. The number of fused-ring (bicyclic) bond motifs is 1. The highest BCUT2D eigenvalue weighted by atomic mass is 16.7. The van der Waals surface area contributed by atoms with Gasteiger partial charge in [-0.15, -0.1) is 0 Å². The number of carbonyl (C=O) groups excluding carboxylic acids is 1. The van der Waals surface area contributed by atoms with E-state index < -0.39 is 0 Å². The Balaban J connectivity index is 1.50. The fourth-order valence-electron chi connectivity index (χ4n) is 2.59. The third kappa shape index (κ3) is 3.41. The molecule has 2 N–H and O–H groups in total. The molecule has 0 saturated heterocycles. The molecule has 0 atom stereocenters. The summed E-state index contributed by atoms with van der Waals surface area (Å²) < 4.78 is 10.6. The fourth-order valence-corrected chi connectivity index (χ4v) is 2.59. The molecule has 0 radical (unpaired) electrons. The Morgan fingerprint density at radius 3 is 2.77 bits per heavy atom. The van der Waals surface area contributed by atoms with E-state index in [1.165, 1.54) is 6.33 Å². The summed E-state index contributed by atoms with van der Waals surface area (Å²) in [6.07, 6.45) is 1.35. The van der Waals surface area contributed by atoms with Crippen LogP contribution in [-0.4, -0.2) is 22.7 Å². The van der Waals surface area contributed by atoms with Crippen LogP contribution in [0.4, 0.5) is 17.2 Å². The Morgan fingerprint density at radius 1 is 1.00 bits per heavy atom. The Hall–Kier alpha value is -3.61. The quantitative estimate of drug-likeness (QED) is 0.750. The molecule has 3 aromatic rings. The van der Waals surface area contributed by atoms with Gasteiger partial charge in [0.2, 0.25) is 6.79 Å². The van der Waals surface area contributed by atoms with Gasteiger partial charge in [-0.3, -0.25) is 4.79 Å². The number of aryl methyl sites for hydroxylation is 1. The summed E-state index contributed by atoms with van der Waals surface area (Å²) >= 11 is 0. The van der Waals surface area contributed by atoms with Gasteiger partial charge >= 0.3 is 0 Å². The minimum Gasteiger partial charge on any atom is -0.454 e. The molecule has 0 fully saturated rings. The number of ether oxygens (including phenoxy) is 2. The number of amides is 1. The summed E-state index contributed by atoms with van der Waals surface area (Å²) in [5.74, 6) is 1.58. The van der Waals surface area contributed by atoms with Crippen molar-refractivity contribution >= 4 is 23.1 Å². The van der Waals surface area contributed by atoms with Crippen molar-refractivity contribution in [2.75, 3.05) is 17.4 Å². The summed E-state index contributed by atoms with van der Waals surface area (Å²) in [5.41, 5.74) is 2.83. The molecule has 7 nitrogen and oxygen atoms in total. The van der Waals surface area contributed by atoms with Crippen LogP contribution in [0.25, 0.3) is 0 Å². The average molecular weight is 348 g/mol. The maximum Gasteiger partial charge on any atom is 0.274 e. The lowest BCUT2D eigenvalue weighted by Crippen LogP contribution is -2.14. The predicted octanol–water partition coefficient (Wildman–Crippen LogP) is 3.51. The Bertz CT molecular complexity index is 975. The molecule has 2 aromatic carbocycles. The van der Waals surface area contributed by atoms with E-state index in [0.717, 1.165) is 16.9 Å². The SMILES string of the molecule is Cc1cccc(NC(=O)c2cc(Nc3ccc4c(c3)OCO4)ncn2)c1. The summed E-state index contributed by atoms with van der Waals surface area (Å²) in [5, 5.41) is 5.97. The lowest BCUT2D eigenvalue weighted by molar-refractivity contribution is 0.102. The molecule has 0 aliphatic carbocycles. The van der Waals surface area contributed by atoms with Crippen molar-refractivity contribution in [1.82, 2.24) is 9.97 Å². The number of nitrogens with one attached hydrogen (secondary N) is 2. The second kappa shape index (κ2) is 6.72. The molecule has 4 rings (SSSR count). The first-order valence-electron chi connectivity index (χ1n) is 8.04. The number of nitrogens with zero attached hydrogens (tertiary/aromatic N) is 2. The standard InChI is InChI=1S/C19H16N4O3/c1-12-3-2-4-13(7-12)23-19(24)15-9-18(21-10-20-15)22-14-5-6-16-17(8-14)26-11-25-16/h2-10H,11H2,1H3,(H,23,24)(H,20,21,22). The van der Waals surface area contributed by atoms with Crippen LogP contribution in [0, 0.1) is 6.92 Å². The summed E-state index contributed by atoms with van der Waals surface area (Å²) in [7, 11) is 0. The van der Waals surface area contributed by atoms with Gasteiger partial charge < -0.3 is 20.1 Å². The monoisotopic (exact) mass is 348 g/mol. The molecule has 0 bridgehead atoms. The van der Waals surface area contributed by atoms with Crippen molar-refractivity contribution in [3.05, 3.63) is 66.1 Å². The molecule has 0 spiro atoms. The second-order valence-electron chi connectivity index (χ2n) is 5.81. The van der Waals surface area contributed by atoms with Gasteiger partial charge in [0.15, 0.2) is 11.5 Å². The van der Waals surface area contributed by atoms with Gasteiger partial charge in [-0.25, -0.2) is 9.97 Å². The van der Waals surface area contributed by atoms with Crippen molar-refractivity contribution in [2.24, 2.45) is 0 Å². The smallest absolute Gasteiger partial charge is 0.274 e. The number of benzene rings is 2. The van der Waals surface area contributed by atoms with Crippen LogP contribution in [0.3, 0.4) is 0 Å². The van der Waals surface area contributed by atoms with E-state index in [0.29, 0.717) is 17.3 Å². The average Bonchev–Trinajstić information content (AvgIpc) is 3.10. The minimum atomic E-state index is -0.299. The highest BCUT2D eigenvalue weighted by Gasteiger charge is 2.14. The minimum absolute atomic E-state index is 0.218. The molecule has 1 aromatic heterocycles. The molecule has 130 valence electrons. The topological polar surface area (TPSA) is 85.4 Å². The van der Waals surface area contributed by atoms with E-state index >= 15 is 0 Å². The van der Waals surface area contributed by atoms with Crippen LogP contribution in [0.1, 0.15) is 16.1 Å². The number of hydrogen-bond acceptors (Lipinski definition) is 6. The maximum atomic E-state index is 12.4. The largest absolute Gasteiger partial charge is 0.454 e. The summed E-state index contributed by atoms with van der Waals surface area (Å²) in [6, 6.07) is 14.7. The van der Waals surface area contributed by atoms with Crippen LogP contribution in [-0.2, 0) is 0 Å². The zero-order valence-corrected chi connectivity index (χ0v) is 14.0. The molecule has 7 heteroatoms. The van der Waals surface area contributed by atoms with Crippen molar-refractivity contribution in [3.8, 4) is 11.5 Å². The number of carbonyl (C=O) groups is 1. The van der Waals surface area contributed by atoms with Crippen LogP contribution in [0.5, 0.6) is 11.5 Å². The first kappa shape index (κ1) is 15.9. The number of rotatable bonds is 4. The number of anilines is 3. The van der Waals surface area contributed by atoms with Crippen molar-refractivity contribution in [3.63, 3.8) is 0 Å². The third-order valence-electron chi connectivity index (χ3n) is 3.82. The second-order valence-corrected chi connectivity index (χ2v) is 5.81. The van der Waals surface area contributed by atoms with Gasteiger partial charge in [-0.2, -0.15) is 0 Å². The van der Waals surface area contributed by atoms with Crippen LogP contribution in [0.2, 0.25) is 0 Å². The Kier molecular flexibility index (Phi) is 4.10. The fraction of sp³-hybridized carbons (Fsp3) is 0.105. The zero-order valence-electron chi connectivity index (χ0n) is 14.0. The lowest BCUT2D eigenvalue weighted by atomic mass is 10.2. The van der Waals surface area contributed by atoms with E-state index in [2.05, 4.69) is 20.6 Å². The van der Waals surface area contributed by atoms with Gasteiger partial charge in [0.25, 0.3) is 5.91 Å². The maximum absolute atomic E-state index is 12.4. The number of aromatic nitrogens is 2. The van der Waals surface area contributed by atoms with Gasteiger partial charge in [-0.1, -0.05) is 12.1 Å². The van der Waals surface area contributed by atoms with Gasteiger partial charge in [-0.05, 0) is 36.8 Å². The molecular weight excluding hydrogens is 332 g/mol. The Labute approximate surface area is 150 Å². The number of hydrogen-bond donors (Lipinski definition) is 2. The van der Waals surface area contributed by atoms with E-state index in [-0.39, 0.29) is 18.4 Å². The van der Waals surface area contributed by atoms with Crippen LogP contribution < -0.4 is 20.1 Å². The third-order valence-corrected chi connectivity index (χ3v) is 3.82. The van der Waals surface area contributed by atoms with Crippen LogP contribution in [0.15, 0.2) is 54.9 Å². The normalized spacial score (nSPS) is 11.9. The van der Waals surface area contributed by atoms with Crippen molar-refractivity contribution in [1.29, 1.82) is 0 Å². The van der Waals surface area contributed by atoms with Gasteiger partial charge in [0, 0.05) is 23.5 Å². The molecule has 0 unspecified atom stereocenters. The first-order valence-corrected chi connectivity index (χ1v) is 8.04. The summed E-state index contributed by atoms with van der Waals surface area (Å²) in [4.78, 5) is 20.6.